The molecule has 1 rings (SSSR count). The molecule has 0 aromatic carbocycles. The summed E-state index contributed by atoms with van der Waals surface area (Å²) in [7, 11) is 0. The van der Waals surface area contributed by atoms with Crippen molar-refractivity contribution < 1.29 is 4.92 Å². The zero-order valence-electron chi connectivity index (χ0n) is 5.15. The summed E-state index contributed by atoms with van der Waals surface area (Å²) >= 11 is 0. The molecule has 1 radical (unpaired) electrons. The number of pyridine rings is 1. The summed E-state index contributed by atoms with van der Waals surface area (Å²) in [6.07, 6.45) is 1.47. The topological polar surface area (TPSA) is 56.0 Å². The minimum Gasteiger partial charge on any atom is -0.258 e. The second-order valence-electron chi connectivity index (χ2n) is 1.73. The average Bonchev–Trinajstić information content (AvgIpc) is 1.88. The summed E-state index contributed by atoms with van der Waals surface area (Å²) < 4.78 is 0. The van der Waals surface area contributed by atoms with Crippen LogP contribution >= 0.6 is 0 Å². The van der Waals surface area contributed by atoms with Crippen LogP contribution in [0.5, 0.6) is 0 Å². The van der Waals surface area contributed by atoms with E-state index in [1.807, 2.05) is 0 Å². The Morgan fingerprint density at radius 1 is 1.70 bits per heavy atom. The molecule has 4 heteroatoms. The lowest BCUT2D eigenvalue weighted by Crippen LogP contribution is -1.92. The molecular weight excluding hydrogens is 132 g/mol. The second kappa shape index (κ2) is 2.43. The molecule has 0 spiro atoms. The summed E-state index contributed by atoms with van der Waals surface area (Å²) in [6.45, 7) is 3.39. The van der Waals surface area contributed by atoms with Crippen molar-refractivity contribution in [1.29, 1.82) is 0 Å². The van der Waals surface area contributed by atoms with Crippen LogP contribution in [0.2, 0.25) is 0 Å². The van der Waals surface area contributed by atoms with Gasteiger partial charge in [-0.2, -0.15) is 0 Å². The van der Waals surface area contributed by atoms with Gasteiger partial charge in [-0.25, -0.2) is 0 Å². The lowest BCUT2D eigenvalue weighted by atomic mass is 10.3. The predicted octanol–water partition coefficient (Wildman–Crippen LogP) is 1.17. The van der Waals surface area contributed by atoms with Gasteiger partial charge >= 0.3 is 0 Å². The van der Waals surface area contributed by atoms with E-state index in [1.54, 1.807) is 0 Å². The van der Waals surface area contributed by atoms with Crippen LogP contribution in [0.15, 0.2) is 18.3 Å². The smallest absolute Gasteiger partial charge is 0.258 e. The minimum absolute atomic E-state index is 0.0394. The van der Waals surface area contributed by atoms with Gasteiger partial charge in [0.25, 0.3) is 5.69 Å². The molecule has 0 unspecified atom stereocenters. The Morgan fingerprint density at radius 3 is 2.80 bits per heavy atom. The summed E-state index contributed by atoms with van der Waals surface area (Å²) in [5.41, 5.74) is 0.162. The van der Waals surface area contributed by atoms with Crippen LogP contribution in [0, 0.1) is 17.0 Å². The van der Waals surface area contributed by atoms with Gasteiger partial charge < -0.3 is 0 Å². The van der Waals surface area contributed by atoms with Gasteiger partial charge in [-0.15, -0.1) is 0 Å². The molecule has 10 heavy (non-hydrogen) atoms. The lowest BCUT2D eigenvalue weighted by Gasteiger charge is -1.91. The van der Waals surface area contributed by atoms with E-state index in [0.29, 0.717) is 0 Å². The zero-order chi connectivity index (χ0) is 7.56. The Kier molecular flexibility index (Phi) is 1.62. The largest absolute Gasteiger partial charge is 0.290 e. The van der Waals surface area contributed by atoms with E-state index in [9.17, 15) is 10.1 Å². The Balaban J connectivity index is 3.15. The fourth-order valence-electron chi connectivity index (χ4n) is 0.596. The maximum absolute atomic E-state index is 10.1. The SMILES string of the molecule is [CH2]c1ncccc1[N+](=O)[O-]. The first-order chi connectivity index (χ1) is 4.72. The molecule has 1 aromatic rings. The molecule has 0 saturated heterocycles. The highest BCUT2D eigenvalue weighted by Gasteiger charge is 2.07. The van der Waals surface area contributed by atoms with Crippen molar-refractivity contribution in [2.45, 2.75) is 0 Å². The second-order valence-corrected chi connectivity index (χ2v) is 1.73. The summed E-state index contributed by atoms with van der Waals surface area (Å²) in [5.74, 6) is 0. The number of nitrogens with zero attached hydrogens (tertiary/aromatic N) is 2. The fraction of sp³-hybridized carbons (Fsp3) is 0. The molecule has 0 aliphatic rings. The standard InChI is InChI=1S/C6H5N2O2/c1-5-6(8(9)10)3-2-4-7-5/h2-4H,1H2. The Bertz CT molecular complexity index is 260. The van der Waals surface area contributed by atoms with Gasteiger partial charge in [0, 0.05) is 19.2 Å². The summed E-state index contributed by atoms with van der Waals surface area (Å²) in [5, 5.41) is 10.1. The highest BCUT2D eigenvalue weighted by atomic mass is 16.6. The molecule has 0 saturated carbocycles. The maximum Gasteiger partial charge on any atom is 0.290 e. The van der Waals surface area contributed by atoms with E-state index >= 15 is 0 Å². The quantitative estimate of drug-likeness (QED) is 0.431. The van der Waals surface area contributed by atoms with Crippen molar-refractivity contribution >= 4 is 5.69 Å². The highest BCUT2D eigenvalue weighted by Crippen LogP contribution is 2.12. The molecule has 0 N–H and O–H groups in total. The van der Waals surface area contributed by atoms with Crippen molar-refractivity contribution in [3.8, 4) is 0 Å². The number of rotatable bonds is 1. The third-order valence-electron chi connectivity index (χ3n) is 1.06. The van der Waals surface area contributed by atoms with Crippen molar-refractivity contribution in [1.82, 2.24) is 4.98 Å². The van der Waals surface area contributed by atoms with E-state index in [2.05, 4.69) is 11.9 Å². The molecule has 0 atom stereocenters. The van der Waals surface area contributed by atoms with E-state index in [0.717, 1.165) is 0 Å². The first kappa shape index (κ1) is 6.67. The van der Waals surface area contributed by atoms with E-state index in [-0.39, 0.29) is 11.4 Å². The third kappa shape index (κ3) is 1.10. The normalized spacial score (nSPS) is 9.30. The van der Waals surface area contributed by atoms with Crippen LogP contribution in [0.3, 0.4) is 0 Å². The monoisotopic (exact) mass is 137 g/mol. The lowest BCUT2D eigenvalue weighted by molar-refractivity contribution is -0.385. The molecule has 0 bridgehead atoms. The van der Waals surface area contributed by atoms with Gasteiger partial charge in [-0.1, -0.05) is 0 Å². The molecule has 0 amide bonds. The van der Waals surface area contributed by atoms with Crippen LogP contribution in [0.1, 0.15) is 5.69 Å². The Hall–Kier alpha value is -1.45. The van der Waals surface area contributed by atoms with Crippen molar-refractivity contribution in [3.05, 3.63) is 41.1 Å². The Labute approximate surface area is 57.7 Å². The van der Waals surface area contributed by atoms with Gasteiger partial charge in [0.15, 0.2) is 0 Å². The van der Waals surface area contributed by atoms with Crippen LogP contribution in [0.25, 0.3) is 0 Å². The van der Waals surface area contributed by atoms with Crippen molar-refractivity contribution in [2.75, 3.05) is 0 Å². The number of aromatic nitrogens is 1. The molecular formula is C6H5N2O2. The van der Waals surface area contributed by atoms with Crippen molar-refractivity contribution in [2.24, 2.45) is 0 Å². The highest BCUT2D eigenvalue weighted by molar-refractivity contribution is 5.35. The van der Waals surface area contributed by atoms with Gasteiger partial charge in [-0.3, -0.25) is 15.1 Å². The van der Waals surface area contributed by atoms with E-state index < -0.39 is 4.92 Å². The number of hydrogen-bond donors (Lipinski definition) is 0. The van der Waals surface area contributed by atoms with Gasteiger partial charge in [0.05, 0.1) is 4.92 Å². The molecule has 0 fully saturated rings. The van der Waals surface area contributed by atoms with Gasteiger partial charge in [0.1, 0.15) is 5.69 Å². The van der Waals surface area contributed by atoms with Crippen LogP contribution in [-0.4, -0.2) is 9.91 Å². The average molecular weight is 137 g/mol. The number of nitro groups is 1. The summed E-state index contributed by atoms with van der Waals surface area (Å²) in [4.78, 5) is 13.3. The van der Waals surface area contributed by atoms with Gasteiger partial charge in [-0.05, 0) is 6.07 Å². The van der Waals surface area contributed by atoms with Crippen LogP contribution < -0.4 is 0 Å². The van der Waals surface area contributed by atoms with Crippen LogP contribution in [-0.2, 0) is 0 Å². The summed E-state index contributed by atoms with van der Waals surface area (Å²) in [6, 6.07) is 2.88. The molecule has 1 aromatic heterocycles. The van der Waals surface area contributed by atoms with Crippen LogP contribution in [0.4, 0.5) is 5.69 Å². The predicted molar refractivity (Wildman–Crippen MR) is 35.4 cm³/mol. The first-order valence-electron chi connectivity index (χ1n) is 2.63. The molecule has 51 valence electrons. The minimum atomic E-state index is -0.505. The molecule has 1 heterocycles. The molecule has 0 aliphatic heterocycles. The number of hydrogen-bond acceptors (Lipinski definition) is 3. The van der Waals surface area contributed by atoms with Crippen molar-refractivity contribution in [3.63, 3.8) is 0 Å². The third-order valence-corrected chi connectivity index (χ3v) is 1.06. The van der Waals surface area contributed by atoms with E-state index in [1.165, 1.54) is 18.3 Å². The maximum atomic E-state index is 10.1. The Morgan fingerprint density at radius 2 is 2.40 bits per heavy atom. The fourth-order valence-corrected chi connectivity index (χ4v) is 0.596. The molecule has 4 nitrogen and oxygen atoms in total. The first-order valence-corrected chi connectivity index (χ1v) is 2.63. The molecule has 0 aliphatic carbocycles. The zero-order valence-corrected chi connectivity index (χ0v) is 5.15. The van der Waals surface area contributed by atoms with E-state index in [4.69, 9.17) is 0 Å². The van der Waals surface area contributed by atoms with Gasteiger partial charge in [0.2, 0.25) is 0 Å².